The van der Waals surface area contributed by atoms with E-state index in [1.807, 2.05) is 13.8 Å². The first-order valence-corrected chi connectivity index (χ1v) is 4.16. The highest BCUT2D eigenvalue weighted by atomic mass is 17.1. The summed E-state index contributed by atoms with van der Waals surface area (Å²) in [5.74, 6) is 0.271. The van der Waals surface area contributed by atoms with Crippen LogP contribution in [0.5, 0.6) is 5.75 Å². The highest BCUT2D eigenvalue weighted by Gasteiger charge is 2.13. The van der Waals surface area contributed by atoms with E-state index in [9.17, 15) is 10.1 Å². The Morgan fingerprint density at radius 2 is 2.14 bits per heavy atom. The summed E-state index contributed by atoms with van der Waals surface area (Å²) in [6.45, 7) is 3.81. The van der Waals surface area contributed by atoms with Crippen LogP contribution in [0.4, 0.5) is 5.69 Å². The van der Waals surface area contributed by atoms with E-state index < -0.39 is 4.92 Å². The lowest BCUT2D eigenvalue weighted by Gasteiger charge is -2.08. The molecule has 0 aromatic heterocycles. The summed E-state index contributed by atoms with van der Waals surface area (Å²) in [4.78, 5) is 14.0. The van der Waals surface area contributed by atoms with Crippen molar-refractivity contribution in [1.29, 1.82) is 0 Å². The molecule has 0 saturated carbocycles. The van der Waals surface area contributed by atoms with Crippen LogP contribution in [-0.2, 0) is 0 Å². The van der Waals surface area contributed by atoms with E-state index in [-0.39, 0.29) is 17.4 Å². The minimum Gasteiger partial charge on any atom is -0.340 e. The lowest BCUT2D eigenvalue weighted by atomic mass is 10.0. The summed E-state index contributed by atoms with van der Waals surface area (Å²) < 4.78 is 0. The predicted molar refractivity (Wildman–Crippen MR) is 50.4 cm³/mol. The summed E-state index contributed by atoms with van der Waals surface area (Å²) in [5.41, 5.74) is 0.636. The van der Waals surface area contributed by atoms with Crippen molar-refractivity contribution < 1.29 is 15.1 Å². The number of rotatable bonds is 3. The molecule has 1 aromatic rings. The molecule has 0 saturated heterocycles. The number of nitro benzene ring substituents is 1. The Kier molecular flexibility index (Phi) is 3.03. The zero-order valence-corrected chi connectivity index (χ0v) is 7.93. The molecular weight excluding hydrogens is 186 g/mol. The first-order valence-electron chi connectivity index (χ1n) is 4.16. The van der Waals surface area contributed by atoms with Gasteiger partial charge in [-0.05, 0) is 12.0 Å². The van der Waals surface area contributed by atoms with Gasteiger partial charge in [0.1, 0.15) is 0 Å². The number of non-ortho nitro benzene ring substituents is 1. The molecule has 5 nitrogen and oxygen atoms in total. The molecule has 0 unspecified atom stereocenters. The van der Waals surface area contributed by atoms with Crippen molar-refractivity contribution in [3.8, 4) is 5.75 Å². The number of nitro groups is 1. The van der Waals surface area contributed by atoms with Crippen molar-refractivity contribution in [2.24, 2.45) is 0 Å². The summed E-state index contributed by atoms with van der Waals surface area (Å²) in [7, 11) is 0. The Labute approximate surface area is 81.0 Å². The topological polar surface area (TPSA) is 72.6 Å². The molecule has 0 spiro atoms. The SMILES string of the molecule is CC(C)c1ccc([N+](=O)[O-])cc1OO. The Hall–Kier alpha value is -1.62. The van der Waals surface area contributed by atoms with Crippen molar-refractivity contribution in [1.82, 2.24) is 0 Å². The molecule has 1 rings (SSSR count). The fraction of sp³-hybridized carbons (Fsp3) is 0.333. The van der Waals surface area contributed by atoms with Gasteiger partial charge < -0.3 is 4.89 Å². The van der Waals surface area contributed by atoms with E-state index in [1.165, 1.54) is 12.1 Å². The zero-order valence-electron chi connectivity index (χ0n) is 7.93. The van der Waals surface area contributed by atoms with Gasteiger partial charge in [-0.25, -0.2) is 5.26 Å². The van der Waals surface area contributed by atoms with Gasteiger partial charge in [0.15, 0.2) is 5.75 Å². The van der Waals surface area contributed by atoms with Gasteiger partial charge in [-0.15, -0.1) is 0 Å². The van der Waals surface area contributed by atoms with Crippen LogP contribution in [0.1, 0.15) is 25.3 Å². The Bertz CT molecular complexity index is 349. The first-order chi connectivity index (χ1) is 6.56. The Morgan fingerprint density at radius 1 is 1.50 bits per heavy atom. The Morgan fingerprint density at radius 3 is 2.57 bits per heavy atom. The monoisotopic (exact) mass is 197 g/mol. The molecule has 0 amide bonds. The molecular formula is C9H11NO4. The second-order valence-electron chi connectivity index (χ2n) is 3.23. The van der Waals surface area contributed by atoms with Crippen molar-refractivity contribution in [2.45, 2.75) is 19.8 Å². The maximum absolute atomic E-state index is 10.4. The average Bonchev–Trinajstić information content (AvgIpc) is 2.16. The molecule has 0 radical (unpaired) electrons. The van der Waals surface area contributed by atoms with Crippen LogP contribution in [-0.4, -0.2) is 10.2 Å². The van der Waals surface area contributed by atoms with E-state index >= 15 is 0 Å². The smallest absolute Gasteiger partial charge is 0.273 e. The third-order valence-corrected chi connectivity index (χ3v) is 1.93. The second kappa shape index (κ2) is 4.06. The van der Waals surface area contributed by atoms with Crippen LogP contribution in [0, 0.1) is 10.1 Å². The number of hydrogen-bond donors (Lipinski definition) is 1. The van der Waals surface area contributed by atoms with Crippen molar-refractivity contribution in [2.75, 3.05) is 0 Å². The van der Waals surface area contributed by atoms with Gasteiger partial charge in [0.25, 0.3) is 5.69 Å². The van der Waals surface area contributed by atoms with Crippen molar-refractivity contribution in [3.63, 3.8) is 0 Å². The third kappa shape index (κ3) is 2.00. The van der Waals surface area contributed by atoms with Gasteiger partial charge in [0.2, 0.25) is 0 Å². The van der Waals surface area contributed by atoms with Crippen LogP contribution in [0.15, 0.2) is 18.2 Å². The van der Waals surface area contributed by atoms with E-state index in [0.717, 1.165) is 5.56 Å². The van der Waals surface area contributed by atoms with E-state index in [4.69, 9.17) is 5.26 Å². The molecule has 0 fully saturated rings. The van der Waals surface area contributed by atoms with Gasteiger partial charge >= 0.3 is 0 Å². The fourth-order valence-corrected chi connectivity index (χ4v) is 1.19. The van der Waals surface area contributed by atoms with Crippen LogP contribution >= 0.6 is 0 Å². The minimum atomic E-state index is -0.535. The van der Waals surface area contributed by atoms with Crippen LogP contribution < -0.4 is 4.89 Å². The molecule has 0 aliphatic heterocycles. The summed E-state index contributed by atoms with van der Waals surface area (Å²) in [6.07, 6.45) is 0. The third-order valence-electron chi connectivity index (χ3n) is 1.93. The Balaban J connectivity index is 3.18. The minimum absolute atomic E-state index is 0.0987. The molecule has 76 valence electrons. The molecule has 0 bridgehead atoms. The van der Waals surface area contributed by atoms with Crippen LogP contribution in [0.2, 0.25) is 0 Å². The highest BCUT2D eigenvalue weighted by Crippen LogP contribution is 2.29. The molecule has 0 aliphatic rings. The zero-order chi connectivity index (χ0) is 10.7. The number of hydrogen-bond acceptors (Lipinski definition) is 4. The molecule has 14 heavy (non-hydrogen) atoms. The van der Waals surface area contributed by atoms with E-state index in [0.29, 0.717) is 0 Å². The highest BCUT2D eigenvalue weighted by molar-refractivity contribution is 5.45. The standard InChI is InChI=1S/C9H11NO4/c1-6(2)8-4-3-7(10(11)12)5-9(8)14-13/h3-6,13H,1-2H3. The fourth-order valence-electron chi connectivity index (χ4n) is 1.19. The molecule has 1 N–H and O–H groups in total. The van der Waals surface area contributed by atoms with E-state index in [2.05, 4.69) is 4.89 Å². The largest absolute Gasteiger partial charge is 0.340 e. The first kappa shape index (κ1) is 10.5. The van der Waals surface area contributed by atoms with Crippen LogP contribution in [0.25, 0.3) is 0 Å². The lowest BCUT2D eigenvalue weighted by Crippen LogP contribution is -1.96. The quantitative estimate of drug-likeness (QED) is 0.459. The molecule has 0 atom stereocenters. The van der Waals surface area contributed by atoms with Crippen molar-refractivity contribution >= 4 is 5.69 Å². The number of nitrogens with zero attached hydrogens (tertiary/aromatic N) is 1. The second-order valence-corrected chi connectivity index (χ2v) is 3.23. The van der Waals surface area contributed by atoms with Gasteiger partial charge in [0.05, 0.1) is 11.0 Å². The molecule has 0 heterocycles. The summed E-state index contributed by atoms with van der Waals surface area (Å²) >= 11 is 0. The van der Waals surface area contributed by atoms with Gasteiger partial charge in [0, 0.05) is 11.6 Å². The van der Waals surface area contributed by atoms with Crippen LogP contribution in [0.3, 0.4) is 0 Å². The average molecular weight is 197 g/mol. The number of benzene rings is 1. The maximum atomic E-state index is 10.4. The maximum Gasteiger partial charge on any atom is 0.273 e. The molecule has 5 heteroatoms. The summed E-state index contributed by atoms with van der Waals surface area (Å²) in [5, 5.41) is 19.0. The normalized spacial score (nSPS) is 10.3. The molecule has 1 aromatic carbocycles. The van der Waals surface area contributed by atoms with Crippen molar-refractivity contribution in [3.05, 3.63) is 33.9 Å². The van der Waals surface area contributed by atoms with Gasteiger partial charge in [-0.3, -0.25) is 10.1 Å². The molecule has 0 aliphatic carbocycles. The van der Waals surface area contributed by atoms with Gasteiger partial charge in [-0.2, -0.15) is 0 Å². The van der Waals surface area contributed by atoms with Gasteiger partial charge in [-0.1, -0.05) is 13.8 Å². The lowest BCUT2D eigenvalue weighted by molar-refractivity contribution is -0.385. The van der Waals surface area contributed by atoms with E-state index in [1.54, 1.807) is 6.07 Å². The summed E-state index contributed by atoms with van der Waals surface area (Å²) in [6, 6.07) is 4.17. The predicted octanol–water partition coefficient (Wildman–Crippen LogP) is 2.57.